The van der Waals surface area contributed by atoms with Crippen LogP contribution < -0.4 is 0 Å². The van der Waals surface area contributed by atoms with Crippen LogP contribution in [0.15, 0.2) is 0 Å². The number of piperidine rings is 1. The van der Waals surface area contributed by atoms with E-state index in [0.29, 0.717) is 36.2 Å². The van der Waals surface area contributed by atoms with Crippen molar-refractivity contribution in [3.63, 3.8) is 0 Å². The van der Waals surface area contributed by atoms with Crippen LogP contribution in [0.25, 0.3) is 0 Å². The summed E-state index contributed by atoms with van der Waals surface area (Å²) in [4.78, 5) is 12.8. The molecule has 0 aromatic carbocycles. The van der Waals surface area contributed by atoms with Crippen LogP contribution in [0.4, 0.5) is 4.39 Å². The molecule has 0 aromatic heterocycles. The quantitative estimate of drug-likeness (QED) is 0.593. The number of ether oxygens (including phenoxy) is 1. The molecular weight excluding hydrogens is 405 g/mol. The highest BCUT2D eigenvalue weighted by Crippen LogP contribution is 2.68. The lowest BCUT2D eigenvalue weighted by atomic mass is 9.44. The van der Waals surface area contributed by atoms with Crippen LogP contribution in [0, 0.1) is 40.9 Å². The van der Waals surface area contributed by atoms with Crippen LogP contribution in [0.1, 0.15) is 78.1 Å². The Hall–Kier alpha value is -0.520. The Bertz CT molecular complexity index is 704. The van der Waals surface area contributed by atoms with E-state index in [2.05, 4.69) is 25.8 Å². The number of carbonyl (C=O) groups is 1. The molecule has 11 atom stereocenters. The number of hydrogen-bond acceptors (Lipinski definition) is 4. The third-order valence-corrected chi connectivity index (χ3v) is 11.1. The number of aldehydes is 1. The van der Waals surface area contributed by atoms with Gasteiger partial charge in [0.2, 0.25) is 0 Å². The molecular formula is C27H44FNO3. The van der Waals surface area contributed by atoms with Gasteiger partial charge in [-0.2, -0.15) is 0 Å². The first-order valence-electron chi connectivity index (χ1n) is 13.4. The van der Waals surface area contributed by atoms with Crippen molar-refractivity contribution >= 4 is 6.29 Å². The molecule has 1 N–H and O–H groups in total. The van der Waals surface area contributed by atoms with Gasteiger partial charge in [0.05, 0.1) is 12.7 Å². The summed E-state index contributed by atoms with van der Waals surface area (Å²) < 4.78 is 17.3. The van der Waals surface area contributed by atoms with E-state index in [9.17, 15) is 14.3 Å². The van der Waals surface area contributed by atoms with Crippen LogP contribution in [-0.2, 0) is 9.53 Å². The van der Waals surface area contributed by atoms with E-state index >= 15 is 0 Å². The van der Waals surface area contributed by atoms with Crippen molar-refractivity contribution in [3.8, 4) is 0 Å². The van der Waals surface area contributed by atoms with E-state index < -0.39 is 12.3 Å². The number of aliphatic hydroxyl groups excluding tert-OH is 1. The topological polar surface area (TPSA) is 49.8 Å². The summed E-state index contributed by atoms with van der Waals surface area (Å²) in [6.07, 6.45) is 10.7. The Labute approximate surface area is 193 Å². The second-order valence-corrected chi connectivity index (χ2v) is 12.5. The zero-order valence-corrected chi connectivity index (χ0v) is 20.3. The average Bonchev–Trinajstić information content (AvgIpc) is 3.52. The van der Waals surface area contributed by atoms with Crippen molar-refractivity contribution in [1.29, 1.82) is 0 Å². The highest BCUT2D eigenvalue weighted by atomic mass is 19.1. The molecule has 0 radical (unpaired) electrons. The van der Waals surface area contributed by atoms with E-state index in [1.54, 1.807) is 0 Å². The lowest BCUT2D eigenvalue weighted by molar-refractivity contribution is -0.161. The number of fused-ring (bicyclic) bond motifs is 7. The molecule has 2 heterocycles. The minimum atomic E-state index is -0.839. The first-order chi connectivity index (χ1) is 15.3. The smallest absolute Gasteiger partial charge is 0.148 e. The molecule has 0 amide bonds. The molecule has 32 heavy (non-hydrogen) atoms. The molecule has 4 aliphatic carbocycles. The molecule has 4 saturated carbocycles. The van der Waals surface area contributed by atoms with Gasteiger partial charge in [0.25, 0.3) is 0 Å². The first kappa shape index (κ1) is 23.2. The molecule has 5 heteroatoms. The lowest BCUT2D eigenvalue weighted by Crippen LogP contribution is -2.64. The number of rotatable bonds is 1. The van der Waals surface area contributed by atoms with E-state index in [0.717, 1.165) is 36.0 Å². The highest BCUT2D eigenvalue weighted by Gasteiger charge is 2.65. The number of likely N-dealkylation sites (tertiary alicyclic amines) is 1. The Morgan fingerprint density at radius 2 is 1.84 bits per heavy atom. The second-order valence-electron chi connectivity index (χ2n) is 12.5. The second kappa shape index (κ2) is 8.61. The Morgan fingerprint density at radius 1 is 1.03 bits per heavy atom. The van der Waals surface area contributed by atoms with Crippen LogP contribution in [-0.4, -0.2) is 60.4 Å². The molecule has 182 valence electrons. The van der Waals surface area contributed by atoms with Gasteiger partial charge < -0.3 is 19.5 Å². The summed E-state index contributed by atoms with van der Waals surface area (Å²) in [7, 11) is 2.40. The Morgan fingerprint density at radius 3 is 2.56 bits per heavy atom. The average molecular weight is 450 g/mol. The normalized spacial score (nSPS) is 54.6. The minimum Gasteiger partial charge on any atom is -0.393 e. The fourth-order valence-electron chi connectivity index (χ4n) is 9.20. The summed E-state index contributed by atoms with van der Waals surface area (Å²) in [6.45, 7) is 6.89. The maximum atomic E-state index is 12.4. The summed E-state index contributed by atoms with van der Waals surface area (Å²) >= 11 is 0. The predicted molar refractivity (Wildman–Crippen MR) is 123 cm³/mol. The zero-order chi connectivity index (χ0) is 22.7. The number of alkyl halides is 1. The predicted octanol–water partition coefficient (Wildman–Crippen LogP) is 4.63. The fourth-order valence-corrected chi connectivity index (χ4v) is 9.20. The molecule has 4 nitrogen and oxygen atoms in total. The van der Waals surface area contributed by atoms with Crippen LogP contribution >= 0.6 is 0 Å². The minimum absolute atomic E-state index is 0.00860. The van der Waals surface area contributed by atoms with Gasteiger partial charge in [-0.1, -0.05) is 13.3 Å². The monoisotopic (exact) mass is 449 g/mol. The molecule has 2 saturated heterocycles. The molecule has 2 aliphatic heterocycles. The molecule has 6 aliphatic rings. The standard InChI is InChI=1S/C21H35NO.C6H9FO2/c1-20-9-4-5-18(23)17(20)7-6-14-16(20)8-10-21(2)19(14)15-11-13(15)12-22(21)3;7-5-1-2-9-6(3-5)4-8/h13-19,23H,4-12H2,1-3H3;4-6H,1-3H2. The van der Waals surface area contributed by atoms with E-state index in [-0.39, 0.29) is 12.5 Å². The van der Waals surface area contributed by atoms with Gasteiger partial charge in [-0.05, 0) is 99.8 Å². The maximum absolute atomic E-state index is 12.4. The third kappa shape index (κ3) is 3.79. The van der Waals surface area contributed by atoms with E-state index in [1.165, 1.54) is 51.5 Å². The molecule has 0 spiro atoms. The van der Waals surface area contributed by atoms with Gasteiger partial charge in [-0.25, -0.2) is 4.39 Å². The van der Waals surface area contributed by atoms with Gasteiger partial charge >= 0.3 is 0 Å². The van der Waals surface area contributed by atoms with Crippen LogP contribution in [0.3, 0.4) is 0 Å². The highest BCUT2D eigenvalue weighted by molar-refractivity contribution is 5.56. The summed E-state index contributed by atoms with van der Waals surface area (Å²) in [5, 5.41) is 10.6. The van der Waals surface area contributed by atoms with Crippen LogP contribution in [0.5, 0.6) is 0 Å². The van der Waals surface area contributed by atoms with Gasteiger partial charge in [-0.15, -0.1) is 0 Å². The number of halogens is 1. The first-order valence-corrected chi connectivity index (χ1v) is 13.4. The number of nitrogens with zero attached hydrogens (tertiary/aromatic N) is 1. The van der Waals surface area contributed by atoms with Crippen molar-refractivity contribution in [1.82, 2.24) is 4.90 Å². The summed E-state index contributed by atoms with van der Waals surface area (Å²) in [6, 6.07) is 0. The number of hydrogen-bond donors (Lipinski definition) is 1. The van der Waals surface area contributed by atoms with Crippen molar-refractivity contribution in [2.24, 2.45) is 40.9 Å². The van der Waals surface area contributed by atoms with Crippen LogP contribution in [0.2, 0.25) is 0 Å². The van der Waals surface area contributed by atoms with E-state index in [1.807, 2.05) is 0 Å². The third-order valence-electron chi connectivity index (χ3n) is 11.1. The molecule has 6 rings (SSSR count). The van der Waals surface area contributed by atoms with Gasteiger partial charge in [0, 0.05) is 24.9 Å². The van der Waals surface area contributed by atoms with Crippen molar-refractivity contribution in [2.45, 2.75) is 102 Å². The number of aliphatic hydroxyl groups is 1. The Kier molecular flexibility index (Phi) is 6.25. The lowest BCUT2D eigenvalue weighted by Gasteiger charge is -2.64. The summed E-state index contributed by atoms with van der Waals surface area (Å²) in [5.41, 5.74) is 0.900. The SMILES string of the molecule is CN1CC2CC2C2C3CCC4C(O)CCCC4(C)C3CCC21C.O=CC1CC(F)CCO1. The fraction of sp³-hybridized carbons (Fsp3) is 0.963. The molecule has 0 aromatic rings. The molecule has 11 unspecified atom stereocenters. The van der Waals surface area contributed by atoms with Crippen molar-refractivity contribution in [2.75, 3.05) is 20.2 Å². The van der Waals surface area contributed by atoms with Gasteiger partial charge in [0.1, 0.15) is 18.6 Å². The molecule has 6 fully saturated rings. The molecule has 0 bridgehead atoms. The largest absolute Gasteiger partial charge is 0.393 e. The zero-order valence-electron chi connectivity index (χ0n) is 20.3. The van der Waals surface area contributed by atoms with E-state index in [4.69, 9.17) is 4.74 Å². The van der Waals surface area contributed by atoms with Gasteiger partial charge in [-0.3, -0.25) is 0 Å². The number of carbonyl (C=O) groups excluding carboxylic acids is 1. The van der Waals surface area contributed by atoms with Gasteiger partial charge in [0.15, 0.2) is 0 Å². The maximum Gasteiger partial charge on any atom is 0.148 e. The van der Waals surface area contributed by atoms with Crippen molar-refractivity contribution in [3.05, 3.63) is 0 Å². The summed E-state index contributed by atoms with van der Waals surface area (Å²) in [5.74, 6) is 5.43. The Balaban J connectivity index is 0.000000203. The van der Waals surface area contributed by atoms with Crippen molar-refractivity contribution < 1.29 is 19.0 Å².